The van der Waals surface area contributed by atoms with Crippen LogP contribution in [0.25, 0.3) is 0 Å². The fraction of sp³-hybridized carbons (Fsp3) is 0.385. The second kappa shape index (κ2) is 5.71. The van der Waals surface area contributed by atoms with Gasteiger partial charge in [0.1, 0.15) is 5.75 Å². The normalized spacial score (nSPS) is 19.0. The van der Waals surface area contributed by atoms with E-state index in [-0.39, 0.29) is 19.1 Å². The van der Waals surface area contributed by atoms with Crippen LogP contribution in [-0.2, 0) is 9.53 Å². The summed E-state index contributed by atoms with van der Waals surface area (Å²) in [6, 6.07) is 6.71. The molecule has 1 saturated heterocycles. The quantitative estimate of drug-likeness (QED) is 0.867. The van der Waals surface area contributed by atoms with E-state index < -0.39 is 12.1 Å². The third-order valence-corrected chi connectivity index (χ3v) is 2.97. The molecule has 1 heterocycles. The fourth-order valence-corrected chi connectivity index (χ4v) is 1.90. The number of aliphatic carboxylic acids is 1. The van der Waals surface area contributed by atoms with Crippen LogP contribution in [0.15, 0.2) is 24.3 Å². The van der Waals surface area contributed by atoms with E-state index in [1.54, 1.807) is 31.4 Å². The summed E-state index contributed by atoms with van der Waals surface area (Å²) in [5.74, 6) is -0.577. The Kier molecular flexibility index (Phi) is 4.01. The van der Waals surface area contributed by atoms with Gasteiger partial charge in [0.15, 0.2) is 6.10 Å². The summed E-state index contributed by atoms with van der Waals surface area (Å²) in [6.07, 6.45) is -0.948. The van der Waals surface area contributed by atoms with Crippen LogP contribution in [0.2, 0.25) is 0 Å². The highest BCUT2D eigenvalue weighted by molar-refractivity contribution is 5.94. The Morgan fingerprint density at radius 1 is 1.37 bits per heavy atom. The minimum atomic E-state index is -1.05. The topological polar surface area (TPSA) is 76.1 Å². The summed E-state index contributed by atoms with van der Waals surface area (Å²) in [6.45, 7) is 0.702. The van der Waals surface area contributed by atoms with E-state index in [0.29, 0.717) is 17.9 Å². The van der Waals surface area contributed by atoms with Crippen LogP contribution < -0.4 is 4.74 Å². The Bertz CT molecular complexity index is 470. The van der Waals surface area contributed by atoms with Crippen molar-refractivity contribution in [3.05, 3.63) is 29.8 Å². The van der Waals surface area contributed by atoms with E-state index in [1.165, 1.54) is 4.90 Å². The minimum Gasteiger partial charge on any atom is -0.497 e. The van der Waals surface area contributed by atoms with Gasteiger partial charge in [0.25, 0.3) is 5.91 Å². The summed E-state index contributed by atoms with van der Waals surface area (Å²) < 4.78 is 10.1. The smallest absolute Gasteiger partial charge is 0.334 e. The number of ether oxygens (including phenoxy) is 2. The first-order chi connectivity index (χ1) is 9.11. The van der Waals surface area contributed by atoms with Crippen molar-refractivity contribution < 1.29 is 24.2 Å². The Balaban J connectivity index is 2.07. The summed E-state index contributed by atoms with van der Waals surface area (Å²) in [4.78, 5) is 24.6. The van der Waals surface area contributed by atoms with Crippen LogP contribution in [0.5, 0.6) is 5.75 Å². The van der Waals surface area contributed by atoms with Crippen molar-refractivity contribution in [3.63, 3.8) is 0 Å². The van der Waals surface area contributed by atoms with Crippen molar-refractivity contribution in [1.82, 2.24) is 4.90 Å². The number of carboxylic acids is 1. The molecule has 0 spiro atoms. The first-order valence-electron chi connectivity index (χ1n) is 5.89. The van der Waals surface area contributed by atoms with Gasteiger partial charge in [-0.05, 0) is 24.3 Å². The minimum absolute atomic E-state index is 0.0696. The van der Waals surface area contributed by atoms with E-state index in [2.05, 4.69) is 0 Å². The lowest BCUT2D eigenvalue weighted by Crippen LogP contribution is -2.48. The molecule has 0 aromatic heterocycles. The lowest BCUT2D eigenvalue weighted by atomic mass is 10.1. The largest absolute Gasteiger partial charge is 0.497 e. The van der Waals surface area contributed by atoms with Crippen LogP contribution in [0.4, 0.5) is 0 Å². The van der Waals surface area contributed by atoms with Crippen LogP contribution in [0, 0.1) is 0 Å². The summed E-state index contributed by atoms with van der Waals surface area (Å²) in [7, 11) is 1.55. The molecule has 1 aromatic rings. The Labute approximate surface area is 110 Å². The highest BCUT2D eigenvalue weighted by Crippen LogP contribution is 2.15. The van der Waals surface area contributed by atoms with Gasteiger partial charge >= 0.3 is 5.97 Å². The number of carboxylic acid groups (broad SMARTS) is 1. The number of carbonyl (C=O) groups is 2. The molecule has 1 atom stereocenters. The zero-order chi connectivity index (χ0) is 13.8. The fourth-order valence-electron chi connectivity index (χ4n) is 1.90. The van der Waals surface area contributed by atoms with Gasteiger partial charge in [-0.25, -0.2) is 4.79 Å². The molecule has 6 heteroatoms. The van der Waals surface area contributed by atoms with E-state index >= 15 is 0 Å². The maximum absolute atomic E-state index is 12.2. The van der Waals surface area contributed by atoms with Gasteiger partial charge < -0.3 is 19.5 Å². The number of nitrogens with zero attached hydrogens (tertiary/aromatic N) is 1. The number of hydrogen-bond donors (Lipinski definition) is 1. The summed E-state index contributed by atoms with van der Waals surface area (Å²) >= 11 is 0. The maximum atomic E-state index is 12.2. The molecule has 6 nitrogen and oxygen atoms in total. The monoisotopic (exact) mass is 265 g/mol. The standard InChI is InChI=1S/C13H15NO5/c1-18-10-4-2-9(3-5-10)12(15)14-6-7-19-11(8-14)13(16)17/h2-5,11H,6-8H2,1H3,(H,16,17). The predicted octanol–water partition coefficient (Wildman–Crippen LogP) is 0.621. The van der Waals surface area contributed by atoms with E-state index in [4.69, 9.17) is 14.6 Å². The average molecular weight is 265 g/mol. The van der Waals surface area contributed by atoms with Crippen molar-refractivity contribution >= 4 is 11.9 Å². The highest BCUT2D eigenvalue weighted by Gasteiger charge is 2.29. The second-order valence-corrected chi connectivity index (χ2v) is 4.18. The Hall–Kier alpha value is -2.08. The molecule has 0 aliphatic carbocycles. The predicted molar refractivity (Wildman–Crippen MR) is 66.3 cm³/mol. The molecule has 1 N–H and O–H groups in total. The number of rotatable bonds is 3. The second-order valence-electron chi connectivity index (χ2n) is 4.18. The summed E-state index contributed by atoms with van der Waals surface area (Å²) in [5.41, 5.74) is 0.506. The zero-order valence-corrected chi connectivity index (χ0v) is 10.5. The van der Waals surface area contributed by atoms with Crippen molar-refractivity contribution in [3.8, 4) is 5.75 Å². The number of hydrogen-bond acceptors (Lipinski definition) is 4. The lowest BCUT2D eigenvalue weighted by Gasteiger charge is -2.30. The van der Waals surface area contributed by atoms with Crippen LogP contribution in [-0.4, -0.2) is 54.8 Å². The molecule has 1 aliphatic heterocycles. The lowest BCUT2D eigenvalue weighted by molar-refractivity contribution is -0.154. The van der Waals surface area contributed by atoms with Gasteiger partial charge in [-0.3, -0.25) is 4.79 Å². The third-order valence-electron chi connectivity index (χ3n) is 2.97. The number of methoxy groups -OCH3 is 1. The Morgan fingerprint density at radius 2 is 2.05 bits per heavy atom. The van der Waals surface area contributed by atoms with Crippen molar-refractivity contribution in [2.24, 2.45) is 0 Å². The molecule has 0 bridgehead atoms. The zero-order valence-electron chi connectivity index (χ0n) is 10.5. The maximum Gasteiger partial charge on any atom is 0.334 e. The van der Waals surface area contributed by atoms with Gasteiger partial charge in [0, 0.05) is 12.1 Å². The van der Waals surface area contributed by atoms with E-state index in [9.17, 15) is 9.59 Å². The van der Waals surface area contributed by atoms with Crippen molar-refractivity contribution in [1.29, 1.82) is 0 Å². The molecule has 1 unspecified atom stereocenters. The molecule has 1 amide bonds. The molecule has 2 rings (SSSR count). The molecular formula is C13H15NO5. The first-order valence-corrected chi connectivity index (χ1v) is 5.89. The van der Waals surface area contributed by atoms with Crippen molar-refractivity contribution in [2.45, 2.75) is 6.10 Å². The SMILES string of the molecule is COc1ccc(C(=O)N2CCOC(C(=O)O)C2)cc1. The first kappa shape index (κ1) is 13.4. The molecule has 19 heavy (non-hydrogen) atoms. The van der Waals surface area contributed by atoms with Gasteiger partial charge in [-0.15, -0.1) is 0 Å². The number of amides is 1. The highest BCUT2D eigenvalue weighted by atomic mass is 16.5. The Morgan fingerprint density at radius 3 is 2.63 bits per heavy atom. The van der Waals surface area contributed by atoms with Gasteiger partial charge in [0.05, 0.1) is 20.3 Å². The van der Waals surface area contributed by atoms with Crippen LogP contribution >= 0.6 is 0 Å². The molecule has 1 aliphatic rings. The number of morpholine rings is 1. The molecule has 1 fully saturated rings. The molecule has 102 valence electrons. The molecule has 1 aromatic carbocycles. The molecule has 0 radical (unpaired) electrons. The van der Waals surface area contributed by atoms with E-state index in [1.807, 2.05) is 0 Å². The average Bonchev–Trinajstić information content (AvgIpc) is 2.46. The van der Waals surface area contributed by atoms with E-state index in [0.717, 1.165) is 0 Å². The van der Waals surface area contributed by atoms with Crippen molar-refractivity contribution in [2.75, 3.05) is 26.8 Å². The number of benzene rings is 1. The van der Waals surface area contributed by atoms with Gasteiger partial charge in [-0.1, -0.05) is 0 Å². The summed E-state index contributed by atoms with van der Waals surface area (Å²) in [5, 5.41) is 8.90. The molecular weight excluding hydrogens is 250 g/mol. The third kappa shape index (κ3) is 3.03. The van der Waals surface area contributed by atoms with Gasteiger partial charge in [0.2, 0.25) is 0 Å². The van der Waals surface area contributed by atoms with Crippen LogP contribution in [0.1, 0.15) is 10.4 Å². The van der Waals surface area contributed by atoms with Crippen LogP contribution in [0.3, 0.4) is 0 Å². The van der Waals surface area contributed by atoms with Gasteiger partial charge in [-0.2, -0.15) is 0 Å². The molecule has 0 saturated carbocycles. The number of carbonyl (C=O) groups excluding carboxylic acids is 1.